The van der Waals surface area contributed by atoms with E-state index in [4.69, 9.17) is 4.74 Å². The molecule has 3 rings (SSSR count). The van der Waals surface area contributed by atoms with Gasteiger partial charge in [-0.1, -0.05) is 12.1 Å². The fourth-order valence-electron chi connectivity index (χ4n) is 3.25. The minimum atomic E-state index is -0.0125. The van der Waals surface area contributed by atoms with Crippen molar-refractivity contribution in [3.63, 3.8) is 0 Å². The molecule has 0 aliphatic carbocycles. The molecule has 7 nitrogen and oxygen atoms in total. The number of carbonyl (C=O) groups excluding carboxylic acids is 1. The van der Waals surface area contributed by atoms with Crippen LogP contribution in [0.4, 0.5) is 0 Å². The van der Waals surface area contributed by atoms with Gasteiger partial charge in [0.05, 0.1) is 13.2 Å². The lowest BCUT2D eigenvalue weighted by Gasteiger charge is -2.26. The molecule has 0 N–H and O–H groups in total. The fraction of sp³-hybridized carbons (Fsp3) is 0.400. The second-order valence-electron chi connectivity index (χ2n) is 6.69. The van der Waals surface area contributed by atoms with Crippen molar-refractivity contribution in [3.05, 3.63) is 53.1 Å². The van der Waals surface area contributed by atoms with Crippen LogP contribution < -0.4 is 4.74 Å². The molecule has 0 aliphatic rings. The minimum Gasteiger partial charge on any atom is -0.497 e. The van der Waals surface area contributed by atoms with Crippen molar-refractivity contribution in [3.8, 4) is 5.75 Å². The molecule has 0 aliphatic heterocycles. The summed E-state index contributed by atoms with van der Waals surface area (Å²) in [5, 5.41) is 4.20. The molecule has 1 atom stereocenters. The predicted octanol–water partition coefficient (Wildman–Crippen LogP) is 2.90. The van der Waals surface area contributed by atoms with Crippen molar-refractivity contribution in [2.24, 2.45) is 0 Å². The maximum absolute atomic E-state index is 12.7. The molecule has 0 radical (unpaired) electrons. The lowest BCUT2D eigenvalue weighted by atomic mass is 10.0. The summed E-state index contributed by atoms with van der Waals surface area (Å²) in [6.07, 6.45) is 2.54. The van der Waals surface area contributed by atoms with Crippen molar-refractivity contribution >= 4 is 11.7 Å². The molecular weight excluding hydrogens is 342 g/mol. The van der Waals surface area contributed by atoms with Gasteiger partial charge < -0.3 is 9.64 Å². The van der Waals surface area contributed by atoms with E-state index in [-0.39, 0.29) is 11.9 Å². The number of carbonyl (C=O) groups is 1. The van der Waals surface area contributed by atoms with Crippen molar-refractivity contribution in [1.29, 1.82) is 0 Å². The third-order valence-electron chi connectivity index (χ3n) is 5.15. The molecule has 0 bridgehead atoms. The number of aryl methyl sites for hydroxylation is 2. The zero-order chi connectivity index (χ0) is 19.6. The van der Waals surface area contributed by atoms with E-state index in [0.29, 0.717) is 18.6 Å². The molecule has 27 heavy (non-hydrogen) atoms. The van der Waals surface area contributed by atoms with Crippen LogP contribution >= 0.6 is 0 Å². The van der Waals surface area contributed by atoms with Gasteiger partial charge in [0.15, 0.2) is 0 Å². The Morgan fingerprint density at radius 1 is 1.26 bits per heavy atom. The summed E-state index contributed by atoms with van der Waals surface area (Å²) in [7, 11) is 3.49. The van der Waals surface area contributed by atoms with Crippen molar-refractivity contribution in [2.45, 2.75) is 39.7 Å². The Labute approximate surface area is 159 Å². The average molecular weight is 367 g/mol. The molecule has 7 heteroatoms. The molecule has 0 spiro atoms. The number of nitrogens with zero attached hydrogens (tertiary/aromatic N) is 5. The molecular formula is C20H25N5O2. The SMILES string of the molecule is COc1ccc(C(C)N(C)C(=O)CCc2c(C)nc3ncnn3c2C)cc1. The number of amides is 1. The van der Waals surface area contributed by atoms with Crippen molar-refractivity contribution in [1.82, 2.24) is 24.5 Å². The summed E-state index contributed by atoms with van der Waals surface area (Å²) >= 11 is 0. The van der Waals surface area contributed by atoms with Gasteiger partial charge in [-0.15, -0.1) is 0 Å². The number of methoxy groups -OCH3 is 1. The Hall–Kier alpha value is -2.96. The third-order valence-corrected chi connectivity index (χ3v) is 5.15. The van der Waals surface area contributed by atoms with Gasteiger partial charge in [-0.25, -0.2) is 9.50 Å². The Morgan fingerprint density at radius 3 is 2.63 bits per heavy atom. The van der Waals surface area contributed by atoms with Gasteiger partial charge in [0.1, 0.15) is 12.1 Å². The third kappa shape index (κ3) is 3.77. The number of rotatable bonds is 6. The number of hydrogen-bond donors (Lipinski definition) is 0. The topological polar surface area (TPSA) is 72.6 Å². The van der Waals surface area contributed by atoms with E-state index < -0.39 is 0 Å². The number of aromatic nitrogens is 4. The van der Waals surface area contributed by atoms with E-state index in [1.807, 2.05) is 52.1 Å². The highest BCUT2D eigenvalue weighted by molar-refractivity contribution is 5.76. The van der Waals surface area contributed by atoms with Gasteiger partial charge in [-0.2, -0.15) is 10.1 Å². The van der Waals surface area contributed by atoms with E-state index in [0.717, 1.165) is 28.3 Å². The number of benzene rings is 1. The van der Waals surface area contributed by atoms with E-state index in [2.05, 4.69) is 15.1 Å². The van der Waals surface area contributed by atoms with Crippen LogP contribution in [0.15, 0.2) is 30.6 Å². The van der Waals surface area contributed by atoms with Gasteiger partial charge in [0, 0.05) is 24.9 Å². The first-order valence-corrected chi connectivity index (χ1v) is 8.97. The predicted molar refractivity (Wildman–Crippen MR) is 103 cm³/mol. The highest BCUT2D eigenvalue weighted by Crippen LogP contribution is 2.23. The average Bonchev–Trinajstić information content (AvgIpc) is 3.15. The molecule has 2 heterocycles. The molecule has 0 saturated heterocycles. The molecule has 0 saturated carbocycles. The van der Waals surface area contributed by atoms with Gasteiger partial charge in [-0.05, 0) is 50.5 Å². The van der Waals surface area contributed by atoms with Crippen molar-refractivity contribution in [2.75, 3.05) is 14.2 Å². The maximum atomic E-state index is 12.7. The maximum Gasteiger partial charge on any atom is 0.252 e. The van der Waals surface area contributed by atoms with Gasteiger partial charge >= 0.3 is 0 Å². The molecule has 2 aromatic heterocycles. The van der Waals surface area contributed by atoms with Crippen LogP contribution in [0.3, 0.4) is 0 Å². The van der Waals surface area contributed by atoms with Crippen LogP contribution in [-0.4, -0.2) is 44.5 Å². The Bertz CT molecular complexity index is 949. The van der Waals surface area contributed by atoms with Crippen LogP contribution in [0.2, 0.25) is 0 Å². The van der Waals surface area contributed by atoms with Crippen LogP contribution in [0.25, 0.3) is 5.78 Å². The van der Waals surface area contributed by atoms with E-state index in [9.17, 15) is 4.79 Å². The molecule has 142 valence electrons. The standard InChI is InChI=1S/C20H25N5O2/c1-13-18(15(3)25-20(23-13)21-12-22-25)10-11-19(26)24(4)14(2)16-6-8-17(27-5)9-7-16/h6-9,12,14H,10-11H2,1-5H3. The van der Waals surface area contributed by atoms with Crippen LogP contribution in [0.1, 0.15) is 41.9 Å². The zero-order valence-electron chi connectivity index (χ0n) is 16.4. The lowest BCUT2D eigenvalue weighted by molar-refractivity contribution is -0.131. The summed E-state index contributed by atoms with van der Waals surface area (Å²) in [6, 6.07) is 7.79. The Balaban J connectivity index is 1.69. The van der Waals surface area contributed by atoms with E-state index in [1.165, 1.54) is 6.33 Å². The molecule has 0 fully saturated rings. The normalized spacial score (nSPS) is 12.2. The highest BCUT2D eigenvalue weighted by Gasteiger charge is 2.19. The summed E-state index contributed by atoms with van der Waals surface area (Å²) in [6.45, 7) is 5.96. The monoisotopic (exact) mass is 367 g/mol. The first-order chi connectivity index (χ1) is 12.9. The minimum absolute atomic E-state index is 0.0125. The molecule has 1 unspecified atom stereocenters. The summed E-state index contributed by atoms with van der Waals surface area (Å²) in [4.78, 5) is 23.1. The fourth-order valence-corrected chi connectivity index (χ4v) is 3.25. The van der Waals surface area contributed by atoms with Gasteiger partial charge in [0.25, 0.3) is 5.78 Å². The first-order valence-electron chi connectivity index (χ1n) is 8.97. The summed E-state index contributed by atoms with van der Waals surface area (Å²) in [5.41, 5.74) is 4.00. The molecule has 1 amide bonds. The highest BCUT2D eigenvalue weighted by atomic mass is 16.5. The number of ether oxygens (including phenoxy) is 1. The Morgan fingerprint density at radius 2 is 1.96 bits per heavy atom. The van der Waals surface area contributed by atoms with Gasteiger partial charge in [0.2, 0.25) is 5.91 Å². The second kappa shape index (κ2) is 7.73. The number of fused-ring (bicyclic) bond motifs is 1. The second-order valence-corrected chi connectivity index (χ2v) is 6.69. The van der Waals surface area contributed by atoms with E-state index >= 15 is 0 Å². The lowest BCUT2D eigenvalue weighted by Crippen LogP contribution is -2.30. The summed E-state index contributed by atoms with van der Waals surface area (Å²) in [5.74, 6) is 1.49. The first kappa shape index (κ1) is 18.8. The largest absolute Gasteiger partial charge is 0.497 e. The van der Waals surface area contributed by atoms with Crippen molar-refractivity contribution < 1.29 is 9.53 Å². The van der Waals surface area contributed by atoms with Crippen LogP contribution in [0, 0.1) is 13.8 Å². The quantitative estimate of drug-likeness (QED) is 0.670. The molecule has 1 aromatic carbocycles. The summed E-state index contributed by atoms with van der Waals surface area (Å²) < 4.78 is 6.91. The van der Waals surface area contributed by atoms with Gasteiger partial charge in [-0.3, -0.25) is 4.79 Å². The zero-order valence-corrected chi connectivity index (χ0v) is 16.4. The smallest absolute Gasteiger partial charge is 0.252 e. The molecule has 3 aromatic rings. The van der Waals surface area contributed by atoms with E-state index in [1.54, 1.807) is 16.5 Å². The number of hydrogen-bond acceptors (Lipinski definition) is 5. The van der Waals surface area contributed by atoms with Crippen LogP contribution in [-0.2, 0) is 11.2 Å². The Kier molecular flexibility index (Phi) is 5.39. The van der Waals surface area contributed by atoms with Crippen LogP contribution in [0.5, 0.6) is 5.75 Å².